The molecular formula is C22H26N4O. The SMILES string of the molecule is CC1CC2(CNC(=O)c3cccn4nc(CCC#N)cc34)CC3CC3(C1)C2. The molecule has 3 saturated carbocycles. The van der Waals surface area contributed by atoms with Crippen LogP contribution in [0, 0.1) is 34.0 Å². The fourth-order valence-electron chi connectivity index (χ4n) is 6.40. The van der Waals surface area contributed by atoms with E-state index < -0.39 is 0 Å². The molecule has 0 aliphatic heterocycles. The average Bonchev–Trinajstić information content (AvgIpc) is 3.01. The highest BCUT2D eigenvalue weighted by molar-refractivity contribution is 6.00. The smallest absolute Gasteiger partial charge is 0.253 e. The van der Waals surface area contributed by atoms with E-state index in [1.54, 1.807) is 4.52 Å². The van der Waals surface area contributed by atoms with E-state index in [4.69, 9.17) is 5.26 Å². The molecule has 2 heterocycles. The number of carbonyl (C=O) groups excluding carboxylic acids is 1. The van der Waals surface area contributed by atoms with Crippen LogP contribution in [-0.4, -0.2) is 22.1 Å². The number of hydrogen-bond acceptors (Lipinski definition) is 3. The van der Waals surface area contributed by atoms with Gasteiger partial charge in [-0.15, -0.1) is 0 Å². The highest BCUT2D eigenvalue weighted by Crippen LogP contribution is 2.75. The van der Waals surface area contributed by atoms with Gasteiger partial charge in [0.1, 0.15) is 0 Å². The van der Waals surface area contributed by atoms with E-state index in [0.717, 1.165) is 29.6 Å². The van der Waals surface area contributed by atoms with Crippen LogP contribution in [0.1, 0.15) is 61.5 Å². The number of nitrogens with one attached hydrogen (secondary N) is 1. The maximum Gasteiger partial charge on any atom is 0.253 e. The maximum absolute atomic E-state index is 13.0. The van der Waals surface area contributed by atoms with Gasteiger partial charge in [-0.3, -0.25) is 4.79 Å². The van der Waals surface area contributed by atoms with Crippen molar-refractivity contribution in [2.24, 2.45) is 22.7 Å². The molecule has 3 aliphatic carbocycles. The second-order valence-electron chi connectivity index (χ2n) is 9.39. The zero-order valence-corrected chi connectivity index (χ0v) is 15.9. The Morgan fingerprint density at radius 1 is 1.41 bits per heavy atom. The summed E-state index contributed by atoms with van der Waals surface area (Å²) in [5.74, 6) is 1.69. The Hall–Kier alpha value is -2.35. The zero-order chi connectivity index (χ0) is 18.6. The molecule has 0 aromatic carbocycles. The third-order valence-electron chi connectivity index (χ3n) is 7.22. The lowest BCUT2D eigenvalue weighted by Crippen LogP contribution is -2.40. The highest BCUT2D eigenvalue weighted by atomic mass is 16.1. The van der Waals surface area contributed by atoms with Gasteiger partial charge in [-0.1, -0.05) is 6.92 Å². The van der Waals surface area contributed by atoms with Crippen molar-refractivity contribution in [3.05, 3.63) is 35.7 Å². The van der Waals surface area contributed by atoms with Gasteiger partial charge in [0.15, 0.2) is 0 Å². The molecule has 3 fully saturated rings. The minimum Gasteiger partial charge on any atom is -0.351 e. The lowest BCUT2D eigenvalue weighted by Gasteiger charge is -2.40. The number of amides is 1. The van der Waals surface area contributed by atoms with Crippen LogP contribution in [0.5, 0.6) is 0 Å². The Balaban J connectivity index is 1.33. The molecule has 3 aliphatic rings. The van der Waals surface area contributed by atoms with Gasteiger partial charge in [0.05, 0.1) is 22.8 Å². The molecule has 1 spiro atoms. The number of aromatic nitrogens is 2. The first-order valence-corrected chi connectivity index (χ1v) is 10.2. The van der Waals surface area contributed by atoms with E-state index in [1.165, 1.54) is 32.1 Å². The predicted octanol–water partition coefficient (Wildman–Crippen LogP) is 3.74. The van der Waals surface area contributed by atoms with Crippen LogP contribution in [0.15, 0.2) is 24.4 Å². The number of rotatable bonds is 5. The van der Waals surface area contributed by atoms with Gasteiger partial charge < -0.3 is 5.32 Å². The molecule has 2 bridgehead atoms. The van der Waals surface area contributed by atoms with E-state index in [1.807, 2.05) is 24.4 Å². The Morgan fingerprint density at radius 2 is 2.30 bits per heavy atom. The standard InChI is InChI=1S/C22H26N4O/c1-15-9-21(11-16-12-22(16,10-15)13-21)14-24-20(27)18-5-3-7-26-19(18)8-17(25-26)4-2-6-23/h3,5,7-8,15-16H,2,4,9-14H2,1H3,(H,24,27). The maximum atomic E-state index is 13.0. The number of aryl methyl sites for hydroxylation is 1. The van der Waals surface area contributed by atoms with Crippen molar-refractivity contribution in [2.45, 2.75) is 51.9 Å². The second-order valence-corrected chi connectivity index (χ2v) is 9.39. The third kappa shape index (κ3) is 2.74. The first-order chi connectivity index (χ1) is 13.0. The van der Waals surface area contributed by atoms with Crippen molar-refractivity contribution in [1.82, 2.24) is 14.9 Å². The minimum atomic E-state index is -0.00504. The molecule has 4 atom stereocenters. The first kappa shape index (κ1) is 16.8. The van der Waals surface area contributed by atoms with E-state index in [2.05, 4.69) is 23.4 Å². The summed E-state index contributed by atoms with van der Waals surface area (Å²) in [6.45, 7) is 3.18. The second kappa shape index (κ2) is 5.82. The fraction of sp³-hybridized carbons (Fsp3) is 0.591. The molecule has 27 heavy (non-hydrogen) atoms. The van der Waals surface area contributed by atoms with E-state index in [-0.39, 0.29) is 5.91 Å². The largest absolute Gasteiger partial charge is 0.351 e. The molecule has 5 nitrogen and oxygen atoms in total. The van der Waals surface area contributed by atoms with Gasteiger partial charge in [-0.25, -0.2) is 4.52 Å². The monoisotopic (exact) mass is 362 g/mol. The Bertz CT molecular complexity index is 953. The number of carbonyl (C=O) groups is 1. The summed E-state index contributed by atoms with van der Waals surface area (Å²) in [5, 5.41) is 16.5. The fourth-order valence-corrected chi connectivity index (χ4v) is 6.40. The summed E-state index contributed by atoms with van der Waals surface area (Å²) >= 11 is 0. The highest BCUT2D eigenvalue weighted by Gasteiger charge is 2.67. The van der Waals surface area contributed by atoms with Crippen molar-refractivity contribution >= 4 is 11.4 Å². The van der Waals surface area contributed by atoms with Crippen LogP contribution in [-0.2, 0) is 6.42 Å². The van der Waals surface area contributed by atoms with Crippen LogP contribution in [0.4, 0.5) is 0 Å². The van der Waals surface area contributed by atoms with Gasteiger partial charge in [-0.2, -0.15) is 10.4 Å². The van der Waals surface area contributed by atoms with E-state index in [0.29, 0.717) is 29.2 Å². The zero-order valence-electron chi connectivity index (χ0n) is 15.9. The van der Waals surface area contributed by atoms with Crippen LogP contribution < -0.4 is 5.32 Å². The number of hydrogen-bond donors (Lipinski definition) is 1. The molecule has 0 saturated heterocycles. The molecule has 5 heteroatoms. The Morgan fingerprint density at radius 3 is 3.15 bits per heavy atom. The Kier molecular flexibility index (Phi) is 3.62. The van der Waals surface area contributed by atoms with E-state index in [9.17, 15) is 4.79 Å². The summed E-state index contributed by atoms with van der Waals surface area (Å²) in [6.07, 6.45) is 9.59. The molecule has 0 radical (unpaired) electrons. The number of nitriles is 1. The molecule has 2 aromatic heterocycles. The predicted molar refractivity (Wildman–Crippen MR) is 102 cm³/mol. The normalized spacial score (nSPS) is 33.5. The quantitative estimate of drug-likeness (QED) is 0.881. The summed E-state index contributed by atoms with van der Waals surface area (Å²) in [4.78, 5) is 13.0. The first-order valence-electron chi connectivity index (χ1n) is 10.2. The summed E-state index contributed by atoms with van der Waals surface area (Å²) in [7, 11) is 0. The molecule has 5 rings (SSSR count). The molecule has 1 amide bonds. The summed E-state index contributed by atoms with van der Waals surface area (Å²) < 4.78 is 1.75. The molecular weight excluding hydrogens is 336 g/mol. The van der Waals surface area contributed by atoms with Crippen molar-refractivity contribution in [1.29, 1.82) is 5.26 Å². The lowest BCUT2D eigenvalue weighted by molar-refractivity contribution is 0.0861. The van der Waals surface area contributed by atoms with Crippen LogP contribution in [0.25, 0.3) is 5.52 Å². The van der Waals surface area contributed by atoms with Crippen molar-refractivity contribution < 1.29 is 4.79 Å². The molecule has 2 aromatic rings. The molecule has 140 valence electrons. The van der Waals surface area contributed by atoms with Crippen molar-refractivity contribution in [3.63, 3.8) is 0 Å². The van der Waals surface area contributed by atoms with Gasteiger partial charge >= 0.3 is 0 Å². The van der Waals surface area contributed by atoms with Crippen molar-refractivity contribution in [3.8, 4) is 6.07 Å². The topological polar surface area (TPSA) is 70.2 Å². The summed E-state index contributed by atoms with van der Waals surface area (Å²) in [6, 6.07) is 7.82. The number of pyridine rings is 1. The number of nitrogens with zero attached hydrogens (tertiary/aromatic N) is 3. The van der Waals surface area contributed by atoms with E-state index >= 15 is 0 Å². The van der Waals surface area contributed by atoms with Crippen molar-refractivity contribution in [2.75, 3.05) is 6.54 Å². The van der Waals surface area contributed by atoms with Gasteiger partial charge in [-0.05, 0) is 73.0 Å². The van der Waals surface area contributed by atoms with Crippen LogP contribution >= 0.6 is 0 Å². The molecule has 1 N–H and O–H groups in total. The molecule has 4 unspecified atom stereocenters. The third-order valence-corrected chi connectivity index (χ3v) is 7.22. The van der Waals surface area contributed by atoms with Gasteiger partial charge in [0, 0.05) is 25.6 Å². The lowest BCUT2D eigenvalue weighted by atomic mass is 9.67. The number of fused-ring (bicyclic) bond motifs is 2. The van der Waals surface area contributed by atoms with Gasteiger partial charge in [0.25, 0.3) is 5.91 Å². The Labute approximate surface area is 159 Å². The minimum absolute atomic E-state index is 0.00504. The van der Waals surface area contributed by atoms with Crippen LogP contribution in [0.3, 0.4) is 0 Å². The average molecular weight is 362 g/mol. The summed E-state index contributed by atoms with van der Waals surface area (Å²) in [5.41, 5.74) is 3.30. The van der Waals surface area contributed by atoms with Gasteiger partial charge in [0.2, 0.25) is 0 Å². The van der Waals surface area contributed by atoms with Crippen LogP contribution in [0.2, 0.25) is 0 Å².